The summed E-state index contributed by atoms with van der Waals surface area (Å²) in [5.74, 6) is -3.96. The second-order valence-corrected chi connectivity index (χ2v) is 4.87. The molecule has 0 rings (SSSR count). The van der Waals surface area contributed by atoms with Gasteiger partial charge in [0.2, 0.25) is 5.76 Å². The number of carboxylic acid groups (broad SMARTS) is 1. The van der Waals surface area contributed by atoms with Gasteiger partial charge in [0.05, 0.1) is 6.10 Å². The number of ketones is 2. The number of ether oxygens (including phenoxy) is 1. The van der Waals surface area contributed by atoms with E-state index in [1.165, 1.54) is 6.92 Å². The van der Waals surface area contributed by atoms with Gasteiger partial charge in [0.25, 0.3) is 0 Å². The summed E-state index contributed by atoms with van der Waals surface area (Å²) in [5.41, 5.74) is 0.553. The molecule has 8 heteroatoms. The highest BCUT2D eigenvalue weighted by Crippen LogP contribution is 2.01. The van der Waals surface area contributed by atoms with Gasteiger partial charge in [-0.15, -0.1) is 0 Å². The van der Waals surface area contributed by atoms with E-state index in [-0.39, 0.29) is 24.4 Å². The molecule has 0 aliphatic carbocycles. The average molecular weight is 354 g/mol. The lowest BCUT2D eigenvalue weighted by Gasteiger charge is -2.09. The maximum atomic E-state index is 11.0. The zero-order valence-electron chi connectivity index (χ0n) is 14.2. The predicted molar refractivity (Wildman–Crippen MR) is 89.8 cm³/mol. The topological polar surface area (TPSA) is 138 Å². The molecule has 0 aliphatic rings. The Morgan fingerprint density at radius 2 is 1.60 bits per heavy atom. The van der Waals surface area contributed by atoms with Crippen molar-refractivity contribution in [2.24, 2.45) is 0 Å². The molecule has 8 nitrogen and oxygen atoms in total. The van der Waals surface area contributed by atoms with E-state index in [4.69, 9.17) is 10.2 Å². The second-order valence-electron chi connectivity index (χ2n) is 4.87. The molecule has 0 bridgehead atoms. The van der Waals surface area contributed by atoms with E-state index >= 15 is 0 Å². The minimum absolute atomic E-state index is 0.0836. The zero-order chi connectivity index (χ0) is 20.2. The average Bonchev–Trinajstić information content (AvgIpc) is 2.52. The maximum absolute atomic E-state index is 11.0. The molecule has 1 atom stereocenters. The first-order valence-corrected chi connectivity index (χ1v) is 6.92. The Balaban J connectivity index is 0. The fourth-order valence-electron chi connectivity index (χ4n) is 0.994. The number of carbonyl (C=O) groups is 4. The number of aliphatic carboxylic acids is 1. The summed E-state index contributed by atoms with van der Waals surface area (Å²) in [4.78, 5) is 42.2. The van der Waals surface area contributed by atoms with Crippen molar-refractivity contribution in [1.82, 2.24) is 0 Å². The van der Waals surface area contributed by atoms with Crippen LogP contribution in [0.5, 0.6) is 0 Å². The van der Waals surface area contributed by atoms with Crippen molar-refractivity contribution in [2.45, 2.75) is 26.4 Å². The van der Waals surface area contributed by atoms with Crippen LogP contribution in [0.4, 0.5) is 0 Å². The zero-order valence-corrected chi connectivity index (χ0v) is 14.2. The van der Waals surface area contributed by atoms with Crippen LogP contribution in [-0.4, -0.2) is 51.5 Å². The van der Waals surface area contributed by atoms with Crippen LogP contribution in [0, 0.1) is 0 Å². The highest BCUT2D eigenvalue weighted by Gasteiger charge is 2.12. The first-order valence-electron chi connectivity index (χ1n) is 6.92. The van der Waals surface area contributed by atoms with Crippen LogP contribution in [0.3, 0.4) is 0 Å². The number of aliphatic hydroxyl groups excluding tert-OH is 2. The molecule has 25 heavy (non-hydrogen) atoms. The number of aliphatic hydroxyl groups is 2. The largest absolute Gasteiger partial charge is 0.502 e. The highest BCUT2D eigenvalue weighted by atomic mass is 16.5. The molecule has 138 valence electrons. The summed E-state index contributed by atoms with van der Waals surface area (Å²) in [6.07, 6.45) is 0.542. The van der Waals surface area contributed by atoms with Crippen molar-refractivity contribution < 1.29 is 39.2 Å². The Morgan fingerprint density at radius 3 is 1.96 bits per heavy atom. The lowest BCUT2D eigenvalue weighted by molar-refractivity contribution is -0.141. The molecule has 0 radical (unpaired) electrons. The standard InChI is InChI=1S/C10H14O4.C7H8O4/c1-4-10(13)14-6-8(11)5-9(12)7(2)3;1-4(2)5(8)3-6(9)7(10)11/h4,8,11H,1-2,5-6H2,3H3;3,9H,1H2,2H3,(H,10,11). The summed E-state index contributed by atoms with van der Waals surface area (Å²) in [6, 6.07) is 0. The number of hydrogen-bond acceptors (Lipinski definition) is 7. The molecular formula is C17H22O8. The summed E-state index contributed by atoms with van der Waals surface area (Å²) in [7, 11) is 0. The van der Waals surface area contributed by atoms with Crippen LogP contribution in [0.2, 0.25) is 0 Å². The van der Waals surface area contributed by atoms with Gasteiger partial charge in [0, 0.05) is 18.6 Å². The van der Waals surface area contributed by atoms with E-state index in [9.17, 15) is 24.3 Å². The van der Waals surface area contributed by atoms with Crippen molar-refractivity contribution in [3.63, 3.8) is 0 Å². The van der Waals surface area contributed by atoms with E-state index < -0.39 is 29.6 Å². The van der Waals surface area contributed by atoms with Crippen LogP contribution in [0.25, 0.3) is 0 Å². The van der Waals surface area contributed by atoms with Gasteiger partial charge in [0.15, 0.2) is 11.6 Å². The highest BCUT2D eigenvalue weighted by molar-refractivity contribution is 6.06. The molecule has 0 amide bonds. The molecule has 0 aliphatic heterocycles. The van der Waals surface area contributed by atoms with E-state index in [2.05, 4.69) is 24.5 Å². The summed E-state index contributed by atoms with van der Waals surface area (Å²) in [6.45, 7) is 12.7. The van der Waals surface area contributed by atoms with Crippen LogP contribution < -0.4 is 0 Å². The number of carboxylic acids is 1. The van der Waals surface area contributed by atoms with Crippen molar-refractivity contribution in [3.8, 4) is 0 Å². The van der Waals surface area contributed by atoms with Crippen LogP contribution >= 0.6 is 0 Å². The third kappa shape index (κ3) is 13.2. The van der Waals surface area contributed by atoms with Crippen LogP contribution in [0.15, 0.2) is 48.8 Å². The summed E-state index contributed by atoms with van der Waals surface area (Å²) < 4.78 is 4.54. The van der Waals surface area contributed by atoms with Crippen molar-refractivity contribution in [3.05, 3.63) is 48.8 Å². The Bertz CT molecular complexity index is 598. The van der Waals surface area contributed by atoms with Gasteiger partial charge < -0.3 is 20.1 Å². The molecule has 1 unspecified atom stereocenters. The molecule has 0 aromatic carbocycles. The SMILES string of the molecule is C=C(C)C(=O)C=C(O)C(=O)O.C=CC(=O)OCC(O)CC(=O)C(=C)C. The first-order chi connectivity index (χ1) is 11.4. The Kier molecular flexibility index (Phi) is 12.1. The molecule has 0 aromatic rings. The molecule has 0 spiro atoms. The number of hydrogen-bond donors (Lipinski definition) is 3. The quantitative estimate of drug-likeness (QED) is 0.320. The maximum Gasteiger partial charge on any atom is 0.371 e. The minimum atomic E-state index is -1.53. The number of Topliss-reactive ketones (excluding diaryl/α,β-unsaturated/α-hetero) is 1. The third-order valence-electron chi connectivity index (χ3n) is 2.39. The number of carbonyl (C=O) groups excluding carboxylic acids is 3. The molecule has 0 saturated carbocycles. The predicted octanol–water partition coefficient (Wildman–Crippen LogP) is 1.27. The summed E-state index contributed by atoms with van der Waals surface area (Å²) in [5, 5.41) is 25.9. The molecule has 0 fully saturated rings. The summed E-state index contributed by atoms with van der Waals surface area (Å²) >= 11 is 0. The minimum Gasteiger partial charge on any atom is -0.502 e. The number of rotatable bonds is 9. The Morgan fingerprint density at radius 1 is 1.08 bits per heavy atom. The van der Waals surface area contributed by atoms with E-state index in [1.807, 2.05) is 0 Å². The van der Waals surface area contributed by atoms with Crippen LogP contribution in [-0.2, 0) is 23.9 Å². The van der Waals surface area contributed by atoms with Gasteiger partial charge in [-0.3, -0.25) is 9.59 Å². The second kappa shape index (κ2) is 12.4. The lowest BCUT2D eigenvalue weighted by Crippen LogP contribution is -2.21. The Hall–Kier alpha value is -3.00. The smallest absolute Gasteiger partial charge is 0.371 e. The van der Waals surface area contributed by atoms with Gasteiger partial charge in [-0.05, 0) is 25.0 Å². The normalized spacial score (nSPS) is 11.2. The third-order valence-corrected chi connectivity index (χ3v) is 2.39. The van der Waals surface area contributed by atoms with Gasteiger partial charge in [-0.1, -0.05) is 19.7 Å². The van der Waals surface area contributed by atoms with Gasteiger partial charge in [-0.25, -0.2) is 9.59 Å². The van der Waals surface area contributed by atoms with Gasteiger partial charge in [-0.2, -0.15) is 0 Å². The molecule has 0 saturated heterocycles. The molecular weight excluding hydrogens is 332 g/mol. The monoisotopic (exact) mass is 354 g/mol. The lowest BCUT2D eigenvalue weighted by atomic mass is 10.1. The van der Waals surface area contributed by atoms with Gasteiger partial charge >= 0.3 is 11.9 Å². The first kappa shape index (κ1) is 24.3. The molecule has 0 heterocycles. The van der Waals surface area contributed by atoms with E-state index in [1.54, 1.807) is 6.92 Å². The van der Waals surface area contributed by atoms with Gasteiger partial charge in [0.1, 0.15) is 6.61 Å². The number of allylic oxidation sites excluding steroid dienone is 3. The molecule has 0 aromatic heterocycles. The number of esters is 1. The van der Waals surface area contributed by atoms with Crippen molar-refractivity contribution in [2.75, 3.05) is 6.61 Å². The molecule has 3 N–H and O–H groups in total. The fourth-order valence-corrected chi connectivity index (χ4v) is 0.994. The van der Waals surface area contributed by atoms with Crippen LogP contribution in [0.1, 0.15) is 20.3 Å². The fraction of sp³-hybridized carbons (Fsp3) is 0.294. The van der Waals surface area contributed by atoms with E-state index in [0.717, 1.165) is 6.08 Å². The van der Waals surface area contributed by atoms with E-state index in [0.29, 0.717) is 11.6 Å². The van der Waals surface area contributed by atoms with Crippen molar-refractivity contribution >= 4 is 23.5 Å². The van der Waals surface area contributed by atoms with Crippen molar-refractivity contribution in [1.29, 1.82) is 0 Å². The Labute approximate surface area is 145 Å².